The minimum absolute atomic E-state index is 0. The first-order valence-corrected chi connectivity index (χ1v) is 9.54. The van der Waals surface area contributed by atoms with Crippen LogP contribution in [0.5, 0.6) is 5.75 Å². The Hall–Kier alpha value is -2.20. The van der Waals surface area contributed by atoms with Crippen LogP contribution in [-0.2, 0) is 16.4 Å². The van der Waals surface area contributed by atoms with Crippen molar-refractivity contribution in [1.29, 1.82) is 0 Å². The summed E-state index contributed by atoms with van der Waals surface area (Å²) in [6.07, 6.45) is 0.902. The molecule has 1 unspecified atom stereocenters. The number of fused-ring (bicyclic) bond motifs is 1. The molecule has 1 aliphatic rings. The Balaban J connectivity index is 0.00000261. The number of sulfonamides is 1. The van der Waals surface area contributed by atoms with E-state index in [4.69, 9.17) is 4.74 Å². The molecule has 3 rings (SSSR count). The fourth-order valence-electron chi connectivity index (χ4n) is 3.03. The summed E-state index contributed by atoms with van der Waals surface area (Å²) in [6, 6.07) is 11.3. The maximum atomic E-state index is 12.6. The summed E-state index contributed by atoms with van der Waals surface area (Å²) in [5.74, 6) is -0.0981. The van der Waals surface area contributed by atoms with Gasteiger partial charge in [-0.2, -0.15) is 0 Å². The Morgan fingerprint density at radius 3 is 2.74 bits per heavy atom. The van der Waals surface area contributed by atoms with Crippen molar-refractivity contribution in [3.8, 4) is 5.75 Å². The van der Waals surface area contributed by atoms with Crippen LogP contribution in [0.25, 0.3) is 0 Å². The van der Waals surface area contributed by atoms with Gasteiger partial charge in [0, 0.05) is 24.7 Å². The van der Waals surface area contributed by atoms with Crippen molar-refractivity contribution in [2.45, 2.75) is 17.4 Å². The van der Waals surface area contributed by atoms with Gasteiger partial charge in [0.05, 0.1) is 16.9 Å². The molecule has 146 valence electrons. The van der Waals surface area contributed by atoms with Gasteiger partial charge in [0.25, 0.3) is 0 Å². The number of hydrogen-bond acceptors (Lipinski definition) is 6. The summed E-state index contributed by atoms with van der Waals surface area (Å²) in [7, 11) is -2.57. The van der Waals surface area contributed by atoms with Crippen LogP contribution in [0.2, 0.25) is 0 Å². The van der Waals surface area contributed by atoms with Crippen LogP contribution in [0.1, 0.15) is 17.2 Å². The summed E-state index contributed by atoms with van der Waals surface area (Å²) in [5.41, 5.74) is 1.99. The molecule has 1 aliphatic heterocycles. The smallest absolute Gasteiger partial charge is 0.310 e. The number of nitro groups is 1. The molecule has 8 nitrogen and oxygen atoms in total. The SMILES string of the molecule is COc1cc(S(=O)(=O)NCC2NCCc3ccccc32)ccc1[N+](=O)[O-].Cl. The molecule has 0 fully saturated rings. The molecule has 0 amide bonds. The van der Waals surface area contributed by atoms with Gasteiger partial charge in [-0.15, -0.1) is 12.4 Å². The third-order valence-corrected chi connectivity index (χ3v) is 5.77. The second kappa shape index (κ2) is 8.66. The van der Waals surface area contributed by atoms with Crippen LogP contribution >= 0.6 is 12.4 Å². The molecule has 27 heavy (non-hydrogen) atoms. The molecule has 2 N–H and O–H groups in total. The number of nitro benzene ring substituents is 1. The van der Waals surface area contributed by atoms with E-state index in [0.29, 0.717) is 0 Å². The third-order valence-electron chi connectivity index (χ3n) is 4.35. The van der Waals surface area contributed by atoms with Gasteiger partial charge in [0.1, 0.15) is 0 Å². The number of benzene rings is 2. The van der Waals surface area contributed by atoms with E-state index in [0.717, 1.165) is 30.7 Å². The highest BCUT2D eigenvalue weighted by Gasteiger charge is 2.24. The molecule has 2 aromatic rings. The topological polar surface area (TPSA) is 111 Å². The van der Waals surface area contributed by atoms with E-state index in [1.54, 1.807) is 0 Å². The molecule has 1 heterocycles. The van der Waals surface area contributed by atoms with Crippen LogP contribution in [0.15, 0.2) is 47.4 Å². The molecule has 0 aliphatic carbocycles. The van der Waals surface area contributed by atoms with Crippen LogP contribution in [0, 0.1) is 10.1 Å². The number of methoxy groups -OCH3 is 1. The molecule has 2 aromatic carbocycles. The van der Waals surface area contributed by atoms with Crippen molar-refractivity contribution in [3.63, 3.8) is 0 Å². The Morgan fingerprint density at radius 1 is 1.30 bits per heavy atom. The number of rotatable bonds is 6. The van der Waals surface area contributed by atoms with E-state index in [1.807, 2.05) is 24.3 Å². The van der Waals surface area contributed by atoms with Crippen molar-refractivity contribution in [1.82, 2.24) is 10.0 Å². The van der Waals surface area contributed by atoms with E-state index >= 15 is 0 Å². The van der Waals surface area contributed by atoms with Gasteiger partial charge < -0.3 is 10.1 Å². The van der Waals surface area contributed by atoms with Crippen molar-refractivity contribution in [3.05, 3.63) is 63.7 Å². The van der Waals surface area contributed by atoms with Crippen molar-refractivity contribution < 1.29 is 18.1 Å². The van der Waals surface area contributed by atoms with E-state index in [-0.39, 0.29) is 41.3 Å². The highest BCUT2D eigenvalue weighted by molar-refractivity contribution is 7.89. The van der Waals surface area contributed by atoms with Crippen LogP contribution in [0.4, 0.5) is 5.69 Å². The van der Waals surface area contributed by atoms with Gasteiger partial charge in [-0.1, -0.05) is 24.3 Å². The average Bonchev–Trinajstić information content (AvgIpc) is 2.65. The Labute approximate surface area is 163 Å². The number of nitrogens with zero attached hydrogens (tertiary/aromatic N) is 1. The first-order chi connectivity index (χ1) is 12.4. The second-order valence-corrected chi connectivity index (χ2v) is 7.67. The lowest BCUT2D eigenvalue weighted by Gasteiger charge is -2.27. The molecule has 0 aromatic heterocycles. The van der Waals surface area contributed by atoms with E-state index in [9.17, 15) is 18.5 Å². The molecule has 0 saturated carbocycles. The zero-order valence-electron chi connectivity index (χ0n) is 14.5. The summed E-state index contributed by atoms with van der Waals surface area (Å²) >= 11 is 0. The Morgan fingerprint density at radius 2 is 2.04 bits per heavy atom. The first-order valence-electron chi connectivity index (χ1n) is 8.05. The van der Waals surface area contributed by atoms with E-state index < -0.39 is 14.9 Å². The van der Waals surface area contributed by atoms with E-state index in [2.05, 4.69) is 10.0 Å². The summed E-state index contributed by atoms with van der Waals surface area (Å²) in [6.45, 7) is 0.952. The fraction of sp³-hybridized carbons (Fsp3) is 0.294. The minimum Gasteiger partial charge on any atom is -0.490 e. The lowest BCUT2D eigenvalue weighted by molar-refractivity contribution is -0.385. The Kier molecular flexibility index (Phi) is 6.77. The van der Waals surface area contributed by atoms with Crippen LogP contribution in [-0.4, -0.2) is 33.5 Å². The molecule has 0 bridgehead atoms. The maximum absolute atomic E-state index is 12.6. The minimum atomic E-state index is -3.83. The number of hydrogen-bond donors (Lipinski definition) is 2. The largest absolute Gasteiger partial charge is 0.490 e. The standard InChI is InChI=1S/C17H19N3O5S.ClH/c1-25-17-10-13(6-7-16(17)20(21)22)26(23,24)19-11-15-14-5-3-2-4-12(14)8-9-18-15;/h2-7,10,15,18-19H,8-9,11H2,1H3;1H. The molecule has 0 spiro atoms. The van der Waals surface area contributed by atoms with Gasteiger partial charge in [0.2, 0.25) is 10.0 Å². The zero-order chi connectivity index (χ0) is 18.7. The molecular weight excluding hydrogens is 394 g/mol. The van der Waals surface area contributed by atoms with Crippen LogP contribution < -0.4 is 14.8 Å². The van der Waals surface area contributed by atoms with Gasteiger partial charge in [0.15, 0.2) is 5.75 Å². The predicted molar refractivity (Wildman–Crippen MR) is 103 cm³/mol. The summed E-state index contributed by atoms with van der Waals surface area (Å²) < 4.78 is 32.7. The van der Waals surface area contributed by atoms with Gasteiger partial charge in [-0.25, -0.2) is 13.1 Å². The van der Waals surface area contributed by atoms with Crippen LogP contribution in [0.3, 0.4) is 0 Å². The monoisotopic (exact) mass is 413 g/mol. The van der Waals surface area contributed by atoms with E-state index in [1.165, 1.54) is 18.7 Å². The van der Waals surface area contributed by atoms with Crippen molar-refractivity contribution in [2.24, 2.45) is 0 Å². The molecule has 0 radical (unpaired) electrons. The van der Waals surface area contributed by atoms with Gasteiger partial charge in [-0.3, -0.25) is 10.1 Å². The zero-order valence-corrected chi connectivity index (χ0v) is 16.2. The van der Waals surface area contributed by atoms with Crippen molar-refractivity contribution >= 4 is 28.1 Å². The molecule has 0 saturated heterocycles. The first kappa shape index (κ1) is 21.1. The van der Waals surface area contributed by atoms with Gasteiger partial charge in [-0.05, 0) is 30.2 Å². The number of nitrogens with one attached hydrogen (secondary N) is 2. The maximum Gasteiger partial charge on any atom is 0.310 e. The lowest BCUT2D eigenvalue weighted by atomic mass is 9.95. The predicted octanol–water partition coefficient (Wildman–Crippen LogP) is 2.19. The quantitative estimate of drug-likeness (QED) is 0.554. The Bertz CT molecular complexity index is 936. The highest BCUT2D eigenvalue weighted by Crippen LogP contribution is 2.29. The summed E-state index contributed by atoms with van der Waals surface area (Å²) in [4.78, 5) is 10.2. The molecular formula is C17H20ClN3O5S. The summed E-state index contributed by atoms with van der Waals surface area (Å²) in [5, 5.41) is 14.2. The number of ether oxygens (including phenoxy) is 1. The average molecular weight is 414 g/mol. The van der Waals surface area contributed by atoms with Crippen molar-refractivity contribution in [2.75, 3.05) is 20.2 Å². The lowest BCUT2D eigenvalue weighted by Crippen LogP contribution is -2.38. The molecule has 1 atom stereocenters. The third kappa shape index (κ3) is 4.56. The normalized spacial score (nSPS) is 16.1. The fourth-order valence-corrected chi connectivity index (χ4v) is 4.09. The highest BCUT2D eigenvalue weighted by atomic mass is 35.5. The van der Waals surface area contributed by atoms with Gasteiger partial charge >= 0.3 is 5.69 Å². The number of halogens is 1. The molecule has 10 heteroatoms. The second-order valence-electron chi connectivity index (χ2n) is 5.90.